The molecule has 2 atom stereocenters. The van der Waals surface area contributed by atoms with E-state index in [0.717, 1.165) is 59.3 Å². The molecule has 9 heteroatoms. The maximum atomic E-state index is 13.5. The predicted molar refractivity (Wildman–Crippen MR) is 176 cm³/mol. The number of aryl methyl sites for hydroxylation is 1. The lowest BCUT2D eigenvalue weighted by Gasteiger charge is -2.19. The molecule has 0 spiro atoms. The zero-order chi connectivity index (χ0) is 32.4. The average molecular weight is 632 g/mol. The maximum absolute atomic E-state index is 13.5. The van der Waals surface area contributed by atoms with E-state index in [9.17, 15) is 23.1 Å². The second-order valence-electron chi connectivity index (χ2n) is 11.3. The summed E-state index contributed by atoms with van der Waals surface area (Å²) in [6, 6.07) is 25.7. The van der Waals surface area contributed by atoms with E-state index >= 15 is 0 Å². The van der Waals surface area contributed by atoms with Crippen LogP contribution in [-0.2, 0) is 26.0 Å². The Morgan fingerprint density at radius 1 is 0.911 bits per heavy atom. The molecule has 2 N–H and O–H groups in total. The zero-order valence-corrected chi connectivity index (χ0v) is 26.8. The normalized spacial score (nSPS) is 12.9. The van der Waals surface area contributed by atoms with Gasteiger partial charge in [-0.25, -0.2) is 13.2 Å². The molecule has 45 heavy (non-hydrogen) atoms. The van der Waals surface area contributed by atoms with Gasteiger partial charge in [-0.2, -0.15) is 0 Å². The number of unbranched alkanes of at least 4 members (excludes halogenated alkanes) is 1. The quantitative estimate of drug-likeness (QED) is 0.132. The SMILES string of the molecule is CCCC[C@H](OCc1ccc(C(=O)N[C@@H](CCCS(C)(=O)=O)C(=O)O)c(-c2ccccc2C)c1)c1ccc(-c2ccccc2)o1. The number of aliphatic carboxylic acids is 1. The summed E-state index contributed by atoms with van der Waals surface area (Å²) in [5.74, 6) is -0.374. The van der Waals surface area contributed by atoms with Crippen LogP contribution >= 0.6 is 0 Å². The summed E-state index contributed by atoms with van der Waals surface area (Å²) in [7, 11) is -3.25. The summed E-state index contributed by atoms with van der Waals surface area (Å²) >= 11 is 0. The molecule has 0 aliphatic rings. The summed E-state index contributed by atoms with van der Waals surface area (Å²) in [4.78, 5) is 25.4. The lowest BCUT2D eigenvalue weighted by atomic mass is 9.93. The minimum atomic E-state index is -3.25. The van der Waals surface area contributed by atoms with E-state index in [0.29, 0.717) is 11.1 Å². The Hall–Kier alpha value is -4.21. The van der Waals surface area contributed by atoms with Gasteiger partial charge in [-0.1, -0.05) is 80.4 Å². The minimum Gasteiger partial charge on any atom is -0.480 e. The van der Waals surface area contributed by atoms with Crippen molar-refractivity contribution in [1.29, 1.82) is 0 Å². The van der Waals surface area contributed by atoms with Crippen molar-refractivity contribution in [2.24, 2.45) is 0 Å². The Morgan fingerprint density at radius 2 is 1.64 bits per heavy atom. The number of carbonyl (C=O) groups excluding carboxylic acids is 1. The number of sulfone groups is 1. The first-order valence-electron chi connectivity index (χ1n) is 15.2. The Kier molecular flexibility index (Phi) is 11.7. The molecular formula is C36H41NO7S. The number of nitrogens with one attached hydrogen (secondary N) is 1. The van der Waals surface area contributed by atoms with Gasteiger partial charge in [0.15, 0.2) is 0 Å². The third-order valence-corrected chi connectivity index (χ3v) is 8.68. The fourth-order valence-corrected chi connectivity index (χ4v) is 5.89. The molecule has 4 aromatic rings. The van der Waals surface area contributed by atoms with Gasteiger partial charge in [0.05, 0.1) is 6.61 Å². The highest BCUT2D eigenvalue weighted by Gasteiger charge is 2.24. The Bertz CT molecular complexity index is 1700. The summed E-state index contributed by atoms with van der Waals surface area (Å²) in [5, 5.41) is 12.3. The van der Waals surface area contributed by atoms with Gasteiger partial charge in [0.25, 0.3) is 5.91 Å². The van der Waals surface area contributed by atoms with E-state index in [1.807, 2.05) is 85.8 Å². The highest BCUT2D eigenvalue weighted by molar-refractivity contribution is 7.90. The predicted octanol–water partition coefficient (Wildman–Crippen LogP) is 7.38. The minimum absolute atomic E-state index is 0.00230. The standard InChI is InChI=1S/C36H41NO7S/c1-4-5-17-33(34-21-20-32(44-34)27-13-7-6-8-14-27)43-24-26-18-19-29(30(23-26)28-15-10-9-12-25(28)2)35(38)37-31(36(39)40)16-11-22-45(3,41)42/h6-10,12-15,18-21,23,31,33H,4-5,11,16-17,22,24H2,1-3H3,(H,37,38)(H,39,40)/t31-,33-/m0/s1. The molecule has 8 nitrogen and oxygen atoms in total. The van der Waals surface area contributed by atoms with Gasteiger partial charge in [-0.05, 0) is 72.7 Å². The van der Waals surface area contributed by atoms with Gasteiger partial charge in [-0.15, -0.1) is 0 Å². The largest absolute Gasteiger partial charge is 0.480 e. The van der Waals surface area contributed by atoms with Gasteiger partial charge in [0, 0.05) is 23.1 Å². The first kappa shape index (κ1) is 33.7. The highest BCUT2D eigenvalue weighted by atomic mass is 32.2. The van der Waals surface area contributed by atoms with Crippen molar-refractivity contribution < 1.29 is 32.3 Å². The molecule has 4 rings (SSSR count). The molecular weight excluding hydrogens is 590 g/mol. The molecule has 0 unspecified atom stereocenters. The first-order chi connectivity index (χ1) is 21.6. The highest BCUT2D eigenvalue weighted by Crippen LogP contribution is 2.32. The van der Waals surface area contributed by atoms with Gasteiger partial charge >= 0.3 is 5.97 Å². The molecule has 1 aromatic heterocycles. The Labute approximate surface area is 265 Å². The van der Waals surface area contributed by atoms with Crippen LogP contribution in [0.1, 0.15) is 72.4 Å². The number of furan rings is 1. The van der Waals surface area contributed by atoms with E-state index in [4.69, 9.17) is 9.15 Å². The fourth-order valence-electron chi connectivity index (χ4n) is 5.20. The van der Waals surface area contributed by atoms with Crippen molar-refractivity contribution in [3.05, 3.63) is 107 Å². The number of rotatable bonds is 16. The molecule has 0 aliphatic heterocycles. The van der Waals surface area contributed by atoms with Crippen LogP contribution in [0.5, 0.6) is 0 Å². The summed E-state index contributed by atoms with van der Waals surface area (Å²) < 4.78 is 35.7. The monoisotopic (exact) mass is 631 g/mol. The van der Waals surface area contributed by atoms with Crippen molar-refractivity contribution in [3.63, 3.8) is 0 Å². The number of ether oxygens (including phenoxy) is 1. The number of benzene rings is 3. The van der Waals surface area contributed by atoms with Crippen molar-refractivity contribution >= 4 is 21.7 Å². The van der Waals surface area contributed by atoms with Crippen LogP contribution < -0.4 is 5.32 Å². The molecule has 238 valence electrons. The number of hydrogen-bond acceptors (Lipinski definition) is 6. The van der Waals surface area contributed by atoms with Crippen molar-refractivity contribution in [2.75, 3.05) is 12.0 Å². The average Bonchev–Trinajstić information content (AvgIpc) is 3.51. The molecule has 0 bridgehead atoms. The van der Waals surface area contributed by atoms with E-state index in [2.05, 4.69) is 12.2 Å². The van der Waals surface area contributed by atoms with E-state index in [1.54, 1.807) is 6.07 Å². The Balaban J connectivity index is 1.57. The van der Waals surface area contributed by atoms with Crippen LogP contribution in [0.25, 0.3) is 22.5 Å². The van der Waals surface area contributed by atoms with Gasteiger partial charge < -0.3 is 19.6 Å². The topological polar surface area (TPSA) is 123 Å². The second kappa shape index (κ2) is 15.7. The van der Waals surface area contributed by atoms with Crippen LogP contribution in [0.15, 0.2) is 89.3 Å². The van der Waals surface area contributed by atoms with Gasteiger partial charge in [-0.3, -0.25) is 4.79 Å². The summed E-state index contributed by atoms with van der Waals surface area (Å²) in [5.41, 5.74) is 4.62. The molecule has 0 aliphatic carbocycles. The maximum Gasteiger partial charge on any atom is 0.326 e. The fraction of sp³-hybridized carbons (Fsp3) is 0.333. The number of carbonyl (C=O) groups is 2. The number of hydrogen-bond donors (Lipinski definition) is 2. The molecule has 3 aromatic carbocycles. The smallest absolute Gasteiger partial charge is 0.326 e. The van der Waals surface area contributed by atoms with Crippen LogP contribution in [0, 0.1) is 6.92 Å². The molecule has 0 radical (unpaired) electrons. The van der Waals surface area contributed by atoms with E-state index in [1.165, 1.54) is 0 Å². The number of amides is 1. The number of carboxylic acid groups (broad SMARTS) is 1. The van der Waals surface area contributed by atoms with Crippen LogP contribution in [0.2, 0.25) is 0 Å². The summed E-state index contributed by atoms with van der Waals surface area (Å²) in [6.45, 7) is 4.36. The zero-order valence-electron chi connectivity index (χ0n) is 26.0. The molecule has 0 saturated heterocycles. The Morgan fingerprint density at radius 3 is 2.33 bits per heavy atom. The van der Waals surface area contributed by atoms with E-state index in [-0.39, 0.29) is 31.3 Å². The van der Waals surface area contributed by atoms with Gasteiger partial charge in [0.2, 0.25) is 0 Å². The molecule has 1 heterocycles. The molecule has 0 saturated carbocycles. The lowest BCUT2D eigenvalue weighted by Crippen LogP contribution is -2.41. The number of carboxylic acids is 1. The second-order valence-corrected chi connectivity index (χ2v) is 13.6. The molecule has 0 fully saturated rings. The summed E-state index contributed by atoms with van der Waals surface area (Å²) in [6.07, 6.45) is 3.74. The van der Waals surface area contributed by atoms with Crippen LogP contribution in [0.4, 0.5) is 0 Å². The first-order valence-corrected chi connectivity index (χ1v) is 17.3. The van der Waals surface area contributed by atoms with Crippen molar-refractivity contribution in [1.82, 2.24) is 5.32 Å². The van der Waals surface area contributed by atoms with E-state index < -0.39 is 27.8 Å². The van der Waals surface area contributed by atoms with Gasteiger partial charge in [0.1, 0.15) is 33.5 Å². The van der Waals surface area contributed by atoms with Crippen LogP contribution in [0.3, 0.4) is 0 Å². The lowest BCUT2D eigenvalue weighted by molar-refractivity contribution is -0.139. The third kappa shape index (κ3) is 9.64. The molecule has 1 amide bonds. The van der Waals surface area contributed by atoms with Crippen LogP contribution in [-0.4, -0.2) is 43.5 Å². The van der Waals surface area contributed by atoms with Crippen molar-refractivity contribution in [2.45, 2.75) is 64.7 Å². The third-order valence-electron chi connectivity index (χ3n) is 7.65. The van der Waals surface area contributed by atoms with Crippen molar-refractivity contribution in [3.8, 4) is 22.5 Å².